The van der Waals surface area contributed by atoms with Gasteiger partial charge in [0.25, 0.3) is 10.00 Å². The SMILES string of the molecule is O=[N+]([O-])C1(Cl)CCC2CC1CCC2(Cl)[N+](=O)[O-]. The van der Waals surface area contributed by atoms with Gasteiger partial charge in [0, 0.05) is 34.5 Å². The average Bonchev–Trinajstić information content (AvgIpc) is 2.26. The van der Waals surface area contributed by atoms with Gasteiger partial charge in [-0.25, -0.2) is 0 Å². The zero-order valence-electron chi connectivity index (χ0n) is 8.97. The van der Waals surface area contributed by atoms with Gasteiger partial charge in [0.05, 0.1) is 0 Å². The fourth-order valence-corrected chi connectivity index (χ4v) is 3.64. The van der Waals surface area contributed by atoms with E-state index in [1.807, 2.05) is 0 Å². The molecule has 0 aliphatic heterocycles. The van der Waals surface area contributed by atoms with Gasteiger partial charge in [-0.2, -0.15) is 0 Å². The number of nitrogens with zero attached hydrogens (tertiary/aromatic N) is 2. The van der Waals surface area contributed by atoms with Crippen LogP contribution in [0.5, 0.6) is 0 Å². The minimum atomic E-state index is -1.45. The molecule has 8 heteroatoms. The van der Waals surface area contributed by atoms with Gasteiger partial charge in [0.2, 0.25) is 0 Å². The Labute approximate surface area is 108 Å². The summed E-state index contributed by atoms with van der Waals surface area (Å²) >= 11 is 12.1. The Morgan fingerprint density at radius 1 is 0.941 bits per heavy atom. The molecule has 0 aromatic heterocycles. The number of hydrogen-bond donors (Lipinski definition) is 0. The van der Waals surface area contributed by atoms with Gasteiger partial charge >= 0.3 is 0 Å². The highest BCUT2D eigenvalue weighted by Gasteiger charge is 2.63. The second kappa shape index (κ2) is 3.95. The largest absolute Gasteiger partial charge is 0.297 e. The lowest BCUT2D eigenvalue weighted by atomic mass is 9.67. The lowest BCUT2D eigenvalue weighted by Gasteiger charge is -2.43. The molecule has 0 aromatic carbocycles. The van der Waals surface area contributed by atoms with Crippen molar-refractivity contribution in [1.82, 2.24) is 0 Å². The highest BCUT2D eigenvalue weighted by Crippen LogP contribution is 2.54. The molecule has 2 aliphatic rings. The van der Waals surface area contributed by atoms with E-state index >= 15 is 0 Å². The predicted octanol–water partition coefficient (Wildman–Crippen LogP) is 2.62. The van der Waals surface area contributed by atoms with Crippen molar-refractivity contribution in [3.05, 3.63) is 20.2 Å². The fraction of sp³-hybridized carbons (Fsp3) is 1.00. The molecule has 4 atom stereocenters. The lowest BCUT2D eigenvalue weighted by molar-refractivity contribution is -0.580. The summed E-state index contributed by atoms with van der Waals surface area (Å²) in [5.41, 5.74) is 0. The quantitative estimate of drug-likeness (QED) is 0.337. The minimum absolute atomic E-state index is 0.152. The summed E-state index contributed by atoms with van der Waals surface area (Å²) in [6.45, 7) is 0. The van der Waals surface area contributed by atoms with Crippen LogP contribution in [0, 0.1) is 32.1 Å². The number of hydrogen-bond acceptors (Lipinski definition) is 4. The van der Waals surface area contributed by atoms with Gasteiger partial charge in [0.1, 0.15) is 0 Å². The second-order valence-corrected chi connectivity index (χ2v) is 6.17. The van der Waals surface area contributed by atoms with Crippen LogP contribution in [0.3, 0.4) is 0 Å². The Morgan fingerprint density at radius 2 is 1.29 bits per heavy atom. The van der Waals surface area contributed by atoms with E-state index in [2.05, 4.69) is 0 Å². The Bertz CT molecular complexity index is 346. The van der Waals surface area contributed by atoms with E-state index in [9.17, 15) is 20.2 Å². The maximum Gasteiger partial charge on any atom is 0.297 e. The predicted molar refractivity (Wildman–Crippen MR) is 61.2 cm³/mol. The van der Waals surface area contributed by atoms with E-state index in [1.165, 1.54) is 0 Å². The van der Waals surface area contributed by atoms with Crippen molar-refractivity contribution in [3.8, 4) is 0 Å². The maximum absolute atomic E-state index is 11.0. The Balaban J connectivity index is 2.22. The molecular formula is C9H12Cl2N2O4. The molecule has 0 radical (unpaired) electrons. The van der Waals surface area contributed by atoms with Crippen molar-refractivity contribution in [2.24, 2.45) is 11.8 Å². The smallest absolute Gasteiger partial charge is 0.263 e. The Morgan fingerprint density at radius 3 is 1.59 bits per heavy atom. The number of alkyl halides is 2. The minimum Gasteiger partial charge on any atom is -0.263 e. The van der Waals surface area contributed by atoms with Crippen molar-refractivity contribution in [2.45, 2.75) is 42.1 Å². The highest BCUT2D eigenvalue weighted by molar-refractivity contribution is 6.24. The number of fused-ring (bicyclic) bond motifs is 2. The van der Waals surface area contributed by atoms with E-state index < -0.39 is 19.8 Å². The standard InChI is InChI=1S/C9H12Cl2N2O4/c10-8(12(14)15)3-1-6-5-7(8)2-4-9(6,11)13(16)17/h6-7H,1-5H2. The first-order chi connectivity index (χ1) is 7.80. The third-order valence-electron chi connectivity index (χ3n) is 4.11. The molecule has 96 valence electrons. The summed E-state index contributed by atoms with van der Waals surface area (Å²) in [6, 6.07) is 0. The molecular weight excluding hydrogens is 271 g/mol. The molecule has 6 nitrogen and oxygen atoms in total. The third-order valence-corrected chi connectivity index (χ3v) is 5.39. The lowest BCUT2D eigenvalue weighted by Crippen LogP contribution is -2.54. The van der Waals surface area contributed by atoms with E-state index in [0.717, 1.165) is 0 Å². The summed E-state index contributed by atoms with van der Waals surface area (Å²) in [4.78, 5) is 18.1. The van der Waals surface area contributed by atoms with Crippen LogP contribution >= 0.6 is 23.2 Å². The van der Waals surface area contributed by atoms with Crippen molar-refractivity contribution in [1.29, 1.82) is 0 Å². The molecule has 0 N–H and O–H groups in total. The van der Waals surface area contributed by atoms with Crippen LogP contribution in [-0.2, 0) is 0 Å². The highest BCUT2D eigenvalue weighted by atomic mass is 35.5. The first kappa shape index (κ1) is 12.8. The zero-order valence-corrected chi connectivity index (χ0v) is 10.5. The van der Waals surface area contributed by atoms with Gasteiger partial charge in [-0.3, -0.25) is 20.2 Å². The van der Waals surface area contributed by atoms with Gasteiger partial charge in [0.15, 0.2) is 0 Å². The summed E-state index contributed by atoms with van der Waals surface area (Å²) in [7, 11) is 0. The second-order valence-electron chi connectivity index (χ2n) is 4.86. The molecule has 17 heavy (non-hydrogen) atoms. The first-order valence-electron chi connectivity index (χ1n) is 5.47. The molecule has 0 saturated heterocycles. The van der Waals surface area contributed by atoms with Crippen LogP contribution in [0.15, 0.2) is 0 Å². The number of rotatable bonds is 2. The van der Waals surface area contributed by atoms with Gasteiger partial charge < -0.3 is 0 Å². The molecule has 2 aliphatic carbocycles. The van der Waals surface area contributed by atoms with Gasteiger partial charge in [-0.05, 0) is 42.5 Å². The molecule has 2 saturated carbocycles. The molecule has 4 unspecified atom stereocenters. The molecule has 0 amide bonds. The monoisotopic (exact) mass is 282 g/mol. The average molecular weight is 283 g/mol. The Hall–Kier alpha value is -0.620. The van der Waals surface area contributed by atoms with Gasteiger partial charge in [-0.1, -0.05) is 0 Å². The summed E-state index contributed by atoms with van der Waals surface area (Å²) in [6.07, 6.45) is 1.35. The van der Waals surface area contributed by atoms with Crippen molar-refractivity contribution in [2.75, 3.05) is 0 Å². The van der Waals surface area contributed by atoms with Crippen LogP contribution in [0.1, 0.15) is 32.1 Å². The first-order valence-corrected chi connectivity index (χ1v) is 6.23. The van der Waals surface area contributed by atoms with Crippen LogP contribution in [-0.4, -0.2) is 19.8 Å². The summed E-state index contributed by atoms with van der Waals surface area (Å²) in [5.74, 6) is -0.630. The molecule has 2 fully saturated rings. The Kier molecular flexibility index (Phi) is 2.98. The van der Waals surface area contributed by atoms with Crippen molar-refractivity contribution in [3.63, 3.8) is 0 Å². The molecule has 0 spiro atoms. The van der Waals surface area contributed by atoms with E-state index in [4.69, 9.17) is 23.2 Å². The summed E-state index contributed by atoms with van der Waals surface area (Å²) < 4.78 is 0. The zero-order chi connectivity index (χ0) is 12.8. The fourth-order valence-electron chi connectivity index (χ4n) is 3.02. The molecule has 0 heterocycles. The number of halogens is 2. The van der Waals surface area contributed by atoms with Crippen LogP contribution in [0.25, 0.3) is 0 Å². The molecule has 2 rings (SSSR count). The van der Waals surface area contributed by atoms with E-state index in [-0.39, 0.29) is 24.7 Å². The van der Waals surface area contributed by atoms with Gasteiger partial charge in [-0.15, -0.1) is 0 Å². The van der Waals surface area contributed by atoms with Crippen LogP contribution in [0.4, 0.5) is 0 Å². The van der Waals surface area contributed by atoms with Crippen LogP contribution < -0.4 is 0 Å². The normalized spacial score (nSPS) is 45.3. The topological polar surface area (TPSA) is 86.3 Å². The third kappa shape index (κ3) is 1.78. The number of nitro groups is 2. The molecule has 0 aromatic rings. The van der Waals surface area contributed by atoms with E-state index in [0.29, 0.717) is 19.3 Å². The van der Waals surface area contributed by atoms with Crippen LogP contribution in [0.2, 0.25) is 0 Å². The van der Waals surface area contributed by atoms with Crippen molar-refractivity contribution < 1.29 is 9.85 Å². The van der Waals surface area contributed by atoms with Crippen molar-refractivity contribution >= 4 is 23.2 Å². The maximum atomic E-state index is 11.0. The molecule has 2 bridgehead atoms. The summed E-state index contributed by atoms with van der Waals surface area (Å²) in [5, 5.41) is 22.0. The van der Waals surface area contributed by atoms with E-state index in [1.54, 1.807) is 0 Å².